The van der Waals surface area contributed by atoms with Crippen molar-refractivity contribution < 1.29 is 9.59 Å². The number of anilines is 1. The highest BCUT2D eigenvalue weighted by Crippen LogP contribution is 2.17. The molecule has 0 unspecified atom stereocenters. The summed E-state index contributed by atoms with van der Waals surface area (Å²) >= 11 is 0. The second-order valence-corrected chi connectivity index (χ2v) is 4.80. The van der Waals surface area contributed by atoms with Crippen molar-refractivity contribution >= 4 is 17.5 Å². The number of rotatable bonds is 6. The van der Waals surface area contributed by atoms with Gasteiger partial charge in [-0.15, -0.1) is 0 Å². The van der Waals surface area contributed by atoms with Crippen molar-refractivity contribution in [1.29, 1.82) is 0 Å². The minimum atomic E-state index is -0.469. The van der Waals surface area contributed by atoms with Gasteiger partial charge in [0.15, 0.2) is 0 Å². The molecule has 0 radical (unpaired) electrons. The van der Waals surface area contributed by atoms with Crippen LogP contribution in [0.3, 0.4) is 0 Å². The molecule has 7 nitrogen and oxygen atoms in total. The number of carbonyl (C=O) groups is 2. The Kier molecular flexibility index (Phi) is 4.51. The van der Waals surface area contributed by atoms with E-state index in [2.05, 4.69) is 15.7 Å². The van der Waals surface area contributed by atoms with Gasteiger partial charge in [0.1, 0.15) is 6.54 Å². The molecule has 4 N–H and O–H groups in total. The molecule has 2 amide bonds. The highest BCUT2D eigenvalue weighted by Gasteiger charge is 2.15. The lowest BCUT2D eigenvalue weighted by atomic mass is 10.2. The van der Waals surface area contributed by atoms with Crippen LogP contribution >= 0.6 is 0 Å². The largest absolute Gasteiger partial charge is 0.368 e. The van der Waals surface area contributed by atoms with Gasteiger partial charge in [0.25, 0.3) is 0 Å². The number of aromatic nitrogens is 2. The van der Waals surface area contributed by atoms with Gasteiger partial charge in [0.05, 0.1) is 18.4 Å². The van der Waals surface area contributed by atoms with Crippen molar-refractivity contribution in [3.05, 3.63) is 12.4 Å². The topological polar surface area (TPSA) is 102 Å². The number of primary amides is 1. The summed E-state index contributed by atoms with van der Waals surface area (Å²) in [6.45, 7) is 0.307. The van der Waals surface area contributed by atoms with Crippen LogP contribution in [-0.4, -0.2) is 34.2 Å². The van der Waals surface area contributed by atoms with Crippen LogP contribution in [0.15, 0.2) is 12.4 Å². The van der Waals surface area contributed by atoms with Gasteiger partial charge in [-0.1, -0.05) is 12.8 Å². The smallest absolute Gasteiger partial charge is 0.239 e. The SMILES string of the molecule is NC(=O)Cn1cc(NC(=O)CNC2CCCC2)cn1. The Balaban J connectivity index is 1.74. The summed E-state index contributed by atoms with van der Waals surface area (Å²) in [5, 5.41) is 9.88. The van der Waals surface area contributed by atoms with E-state index in [9.17, 15) is 9.59 Å². The maximum atomic E-state index is 11.7. The molecule has 1 aliphatic carbocycles. The van der Waals surface area contributed by atoms with Gasteiger partial charge in [-0.25, -0.2) is 0 Å². The van der Waals surface area contributed by atoms with Gasteiger partial charge >= 0.3 is 0 Å². The molecule has 0 bridgehead atoms. The molecular formula is C12H19N5O2. The quantitative estimate of drug-likeness (QED) is 0.665. The van der Waals surface area contributed by atoms with Crippen molar-refractivity contribution in [2.45, 2.75) is 38.3 Å². The fraction of sp³-hybridized carbons (Fsp3) is 0.583. The zero-order chi connectivity index (χ0) is 13.7. The average molecular weight is 265 g/mol. The van der Waals surface area contributed by atoms with Crippen molar-refractivity contribution in [3.8, 4) is 0 Å². The van der Waals surface area contributed by atoms with Crippen molar-refractivity contribution in [3.63, 3.8) is 0 Å². The van der Waals surface area contributed by atoms with Crippen molar-refractivity contribution in [2.24, 2.45) is 5.73 Å². The normalized spacial score (nSPS) is 15.6. The predicted octanol–water partition coefficient (Wildman–Crippen LogP) is -0.161. The van der Waals surface area contributed by atoms with Gasteiger partial charge < -0.3 is 16.4 Å². The van der Waals surface area contributed by atoms with E-state index in [-0.39, 0.29) is 12.5 Å². The molecule has 0 aliphatic heterocycles. The molecule has 1 saturated carbocycles. The van der Waals surface area contributed by atoms with Crippen LogP contribution < -0.4 is 16.4 Å². The third-order valence-corrected chi connectivity index (χ3v) is 3.14. The zero-order valence-corrected chi connectivity index (χ0v) is 10.8. The Morgan fingerprint density at radius 1 is 1.42 bits per heavy atom. The van der Waals surface area contributed by atoms with E-state index in [4.69, 9.17) is 5.73 Å². The van der Waals surface area contributed by atoms with Crippen LogP contribution in [0.5, 0.6) is 0 Å². The summed E-state index contributed by atoms with van der Waals surface area (Å²) in [5.41, 5.74) is 5.62. The van der Waals surface area contributed by atoms with Gasteiger partial charge in [-0.3, -0.25) is 14.3 Å². The van der Waals surface area contributed by atoms with E-state index in [1.807, 2.05) is 0 Å². The van der Waals surface area contributed by atoms with Crippen LogP contribution in [0.1, 0.15) is 25.7 Å². The summed E-state index contributed by atoms with van der Waals surface area (Å²) in [6.07, 6.45) is 7.83. The van der Waals surface area contributed by atoms with Crippen molar-refractivity contribution in [1.82, 2.24) is 15.1 Å². The lowest BCUT2D eigenvalue weighted by molar-refractivity contribution is -0.118. The monoisotopic (exact) mass is 265 g/mol. The van der Waals surface area contributed by atoms with Crippen LogP contribution in [-0.2, 0) is 16.1 Å². The standard InChI is InChI=1S/C12H19N5O2/c13-11(18)8-17-7-10(5-15-17)16-12(19)6-14-9-3-1-2-4-9/h5,7,9,14H,1-4,6,8H2,(H2,13,18)(H,16,19). The van der Waals surface area contributed by atoms with E-state index in [0.717, 1.165) is 12.8 Å². The number of amides is 2. The molecule has 1 fully saturated rings. The van der Waals surface area contributed by atoms with Crippen LogP contribution in [0, 0.1) is 0 Å². The molecule has 2 rings (SSSR count). The summed E-state index contributed by atoms with van der Waals surface area (Å²) in [4.78, 5) is 22.4. The number of nitrogens with one attached hydrogen (secondary N) is 2. The number of hydrogen-bond acceptors (Lipinski definition) is 4. The maximum absolute atomic E-state index is 11.7. The first kappa shape index (κ1) is 13.5. The summed E-state index contributed by atoms with van der Waals surface area (Å²) in [5.74, 6) is -0.575. The number of carbonyl (C=O) groups excluding carboxylic acids is 2. The van der Waals surface area contributed by atoms with E-state index in [1.54, 1.807) is 6.20 Å². The predicted molar refractivity (Wildman–Crippen MR) is 70.3 cm³/mol. The van der Waals surface area contributed by atoms with Crippen LogP contribution in [0.4, 0.5) is 5.69 Å². The van der Waals surface area contributed by atoms with E-state index in [1.165, 1.54) is 23.7 Å². The van der Waals surface area contributed by atoms with Gasteiger partial charge in [0.2, 0.25) is 11.8 Å². The van der Waals surface area contributed by atoms with E-state index < -0.39 is 5.91 Å². The maximum Gasteiger partial charge on any atom is 0.239 e. The molecule has 1 aromatic heterocycles. The average Bonchev–Trinajstić information content (AvgIpc) is 2.97. The van der Waals surface area contributed by atoms with Crippen molar-refractivity contribution in [2.75, 3.05) is 11.9 Å². The van der Waals surface area contributed by atoms with Gasteiger partial charge in [-0.2, -0.15) is 5.10 Å². The molecular weight excluding hydrogens is 246 g/mol. The Hall–Kier alpha value is -1.89. The van der Waals surface area contributed by atoms with Crippen LogP contribution in [0.2, 0.25) is 0 Å². The molecule has 0 aromatic carbocycles. The van der Waals surface area contributed by atoms with Gasteiger partial charge in [-0.05, 0) is 12.8 Å². The fourth-order valence-electron chi connectivity index (χ4n) is 2.25. The molecule has 1 heterocycles. The van der Waals surface area contributed by atoms with Crippen LogP contribution in [0.25, 0.3) is 0 Å². The Morgan fingerprint density at radius 2 is 2.16 bits per heavy atom. The summed E-state index contributed by atoms with van der Waals surface area (Å²) in [7, 11) is 0. The fourth-order valence-corrected chi connectivity index (χ4v) is 2.25. The number of nitrogens with zero attached hydrogens (tertiary/aromatic N) is 2. The molecule has 1 aliphatic rings. The Bertz CT molecular complexity index is 451. The lowest BCUT2D eigenvalue weighted by Crippen LogP contribution is -2.34. The first-order valence-corrected chi connectivity index (χ1v) is 6.47. The first-order valence-electron chi connectivity index (χ1n) is 6.47. The molecule has 0 saturated heterocycles. The third-order valence-electron chi connectivity index (χ3n) is 3.14. The number of nitrogens with two attached hydrogens (primary N) is 1. The first-order chi connectivity index (χ1) is 9.13. The second kappa shape index (κ2) is 6.33. The van der Waals surface area contributed by atoms with E-state index >= 15 is 0 Å². The highest BCUT2D eigenvalue weighted by atomic mass is 16.2. The molecule has 7 heteroatoms. The third kappa shape index (κ3) is 4.36. The van der Waals surface area contributed by atoms with E-state index in [0.29, 0.717) is 18.3 Å². The molecule has 0 atom stereocenters. The summed E-state index contributed by atoms with van der Waals surface area (Å²) in [6, 6.07) is 0.461. The lowest BCUT2D eigenvalue weighted by Gasteiger charge is -2.10. The molecule has 1 aromatic rings. The zero-order valence-electron chi connectivity index (χ0n) is 10.8. The molecule has 104 valence electrons. The molecule has 0 spiro atoms. The molecule has 19 heavy (non-hydrogen) atoms. The Morgan fingerprint density at radius 3 is 2.84 bits per heavy atom. The Labute approximate surface area is 111 Å². The minimum absolute atomic E-state index is 0.0101. The second-order valence-electron chi connectivity index (χ2n) is 4.80. The minimum Gasteiger partial charge on any atom is -0.368 e. The van der Waals surface area contributed by atoms with Gasteiger partial charge in [0, 0.05) is 12.2 Å². The highest BCUT2D eigenvalue weighted by molar-refractivity contribution is 5.92. The number of hydrogen-bond donors (Lipinski definition) is 3. The summed E-state index contributed by atoms with van der Waals surface area (Å²) < 4.78 is 1.39.